The second kappa shape index (κ2) is 9.31. The molecule has 1 aromatic heterocycles. The summed E-state index contributed by atoms with van der Waals surface area (Å²) in [7, 11) is 0. The fraction of sp³-hybridized carbons (Fsp3) is 0.192. The maximum atomic E-state index is 13.4. The zero-order valence-electron chi connectivity index (χ0n) is 18.1. The lowest BCUT2D eigenvalue weighted by atomic mass is 10.0. The molecule has 0 aliphatic rings. The van der Waals surface area contributed by atoms with Gasteiger partial charge in [-0.15, -0.1) is 0 Å². The highest BCUT2D eigenvalue weighted by molar-refractivity contribution is 8.00. The Morgan fingerprint density at radius 2 is 1.78 bits per heavy atom. The number of nitrogens with zero attached hydrogens (tertiary/aromatic N) is 2. The van der Waals surface area contributed by atoms with Gasteiger partial charge in [0.15, 0.2) is 10.9 Å². The number of carbonyl (C=O) groups is 1. The maximum Gasteiger partial charge on any atom is 0.262 e. The van der Waals surface area contributed by atoms with Gasteiger partial charge in [-0.25, -0.2) is 4.98 Å². The molecule has 4 rings (SSSR count). The third kappa shape index (κ3) is 4.64. The van der Waals surface area contributed by atoms with E-state index >= 15 is 0 Å². The van der Waals surface area contributed by atoms with Crippen molar-refractivity contribution in [2.75, 3.05) is 0 Å². The highest BCUT2D eigenvalue weighted by Crippen LogP contribution is 2.27. The Balaban J connectivity index is 1.75. The van der Waals surface area contributed by atoms with Crippen molar-refractivity contribution < 1.29 is 4.79 Å². The molecule has 0 spiro atoms. The molecule has 0 aliphatic heterocycles. The molecule has 3 aromatic carbocycles. The number of carbonyl (C=O) groups excluding carboxylic acids is 1. The average molecular weight is 463 g/mol. The zero-order valence-corrected chi connectivity index (χ0v) is 19.7. The Labute approximate surface area is 196 Å². The summed E-state index contributed by atoms with van der Waals surface area (Å²) >= 11 is 7.44. The fourth-order valence-corrected chi connectivity index (χ4v) is 4.66. The topological polar surface area (TPSA) is 52.0 Å². The predicted octanol–water partition coefficient (Wildman–Crippen LogP) is 6.08. The van der Waals surface area contributed by atoms with Crippen LogP contribution in [0.1, 0.15) is 34.0 Å². The molecule has 0 N–H and O–H groups in total. The average Bonchev–Trinajstić information content (AvgIpc) is 2.78. The summed E-state index contributed by atoms with van der Waals surface area (Å²) in [4.78, 5) is 31.2. The highest BCUT2D eigenvalue weighted by Gasteiger charge is 2.21. The van der Waals surface area contributed by atoms with Crippen molar-refractivity contribution in [3.05, 3.63) is 104 Å². The van der Waals surface area contributed by atoms with Crippen molar-refractivity contribution in [1.29, 1.82) is 0 Å². The van der Waals surface area contributed by atoms with E-state index in [1.165, 1.54) is 11.8 Å². The Bertz CT molecular complexity index is 1370. The van der Waals surface area contributed by atoms with Crippen LogP contribution in [0.25, 0.3) is 10.9 Å². The van der Waals surface area contributed by atoms with Crippen LogP contribution in [0, 0.1) is 13.8 Å². The first-order valence-electron chi connectivity index (χ1n) is 10.4. The molecule has 162 valence electrons. The molecule has 0 amide bonds. The van der Waals surface area contributed by atoms with Crippen molar-refractivity contribution in [3.63, 3.8) is 0 Å². The lowest BCUT2D eigenvalue weighted by Crippen LogP contribution is -2.25. The van der Waals surface area contributed by atoms with Crippen molar-refractivity contribution in [3.8, 4) is 0 Å². The van der Waals surface area contributed by atoms with Gasteiger partial charge in [-0.2, -0.15) is 0 Å². The van der Waals surface area contributed by atoms with Gasteiger partial charge < -0.3 is 0 Å². The van der Waals surface area contributed by atoms with Crippen molar-refractivity contribution >= 4 is 40.0 Å². The number of ketones is 1. The number of Topliss-reactive ketones (excluding diaryl/α,β-unsaturated/α-hetero) is 1. The summed E-state index contributed by atoms with van der Waals surface area (Å²) in [6, 6.07) is 20.6. The van der Waals surface area contributed by atoms with Gasteiger partial charge in [0.25, 0.3) is 5.56 Å². The van der Waals surface area contributed by atoms with E-state index in [-0.39, 0.29) is 11.3 Å². The largest absolute Gasteiger partial charge is 0.293 e. The van der Waals surface area contributed by atoms with E-state index in [2.05, 4.69) is 0 Å². The minimum Gasteiger partial charge on any atom is -0.293 e. The van der Waals surface area contributed by atoms with Crippen LogP contribution >= 0.6 is 23.4 Å². The number of aryl methyl sites for hydroxylation is 2. The molecule has 1 atom stereocenters. The van der Waals surface area contributed by atoms with Crippen molar-refractivity contribution in [1.82, 2.24) is 9.55 Å². The number of benzene rings is 3. The first kappa shape index (κ1) is 22.3. The second-order valence-electron chi connectivity index (χ2n) is 7.86. The Hall–Kier alpha value is -2.89. The predicted molar refractivity (Wildman–Crippen MR) is 132 cm³/mol. The number of thioether (sulfide) groups is 1. The zero-order chi connectivity index (χ0) is 22.8. The van der Waals surface area contributed by atoms with Crippen LogP contribution < -0.4 is 5.56 Å². The van der Waals surface area contributed by atoms with E-state index in [4.69, 9.17) is 16.6 Å². The SMILES string of the molecule is Cc1ccc(C(=O)C(C)Sc2nc3cc(Cl)ccc3c(=O)n2Cc2ccccc2)cc1C. The van der Waals surface area contributed by atoms with Crippen LogP contribution in [-0.4, -0.2) is 20.6 Å². The molecular weight excluding hydrogens is 440 g/mol. The molecule has 0 saturated carbocycles. The normalized spacial score (nSPS) is 12.1. The molecule has 0 bridgehead atoms. The van der Waals surface area contributed by atoms with Gasteiger partial charge in [-0.3, -0.25) is 14.2 Å². The van der Waals surface area contributed by atoms with E-state index in [0.717, 1.165) is 16.7 Å². The summed E-state index contributed by atoms with van der Waals surface area (Å²) < 4.78 is 1.64. The fourth-order valence-electron chi connectivity index (χ4n) is 3.51. The number of hydrogen-bond donors (Lipinski definition) is 0. The molecule has 32 heavy (non-hydrogen) atoms. The summed E-state index contributed by atoms with van der Waals surface area (Å²) in [5, 5.41) is 1.10. The summed E-state index contributed by atoms with van der Waals surface area (Å²) in [5.41, 5.74) is 4.25. The summed E-state index contributed by atoms with van der Waals surface area (Å²) in [5.74, 6) is 0.00445. The van der Waals surface area contributed by atoms with Crippen LogP contribution in [0.15, 0.2) is 76.7 Å². The van der Waals surface area contributed by atoms with E-state index in [9.17, 15) is 9.59 Å². The van der Waals surface area contributed by atoms with Gasteiger partial charge in [0.1, 0.15) is 0 Å². The molecular formula is C26H23ClN2O2S. The quantitative estimate of drug-likeness (QED) is 0.198. The van der Waals surface area contributed by atoms with Crippen molar-refractivity contribution in [2.24, 2.45) is 0 Å². The number of aromatic nitrogens is 2. The molecule has 4 nitrogen and oxygen atoms in total. The van der Waals surface area contributed by atoms with Crippen molar-refractivity contribution in [2.45, 2.75) is 37.7 Å². The van der Waals surface area contributed by atoms with Gasteiger partial charge in [0.2, 0.25) is 0 Å². The first-order valence-corrected chi connectivity index (χ1v) is 11.6. The Morgan fingerprint density at radius 3 is 2.50 bits per heavy atom. The van der Waals surface area contributed by atoms with Gasteiger partial charge in [-0.1, -0.05) is 65.8 Å². The van der Waals surface area contributed by atoms with Gasteiger partial charge in [0.05, 0.1) is 22.7 Å². The van der Waals surface area contributed by atoms with Crippen LogP contribution in [0.5, 0.6) is 0 Å². The summed E-state index contributed by atoms with van der Waals surface area (Å²) in [6.07, 6.45) is 0. The van der Waals surface area contributed by atoms with Gasteiger partial charge in [-0.05, 0) is 61.7 Å². The van der Waals surface area contributed by atoms with Crippen LogP contribution in [0.2, 0.25) is 5.02 Å². The van der Waals surface area contributed by atoms with Crippen LogP contribution in [0.3, 0.4) is 0 Å². The third-order valence-corrected chi connectivity index (χ3v) is 6.83. The van der Waals surface area contributed by atoms with E-state index in [1.54, 1.807) is 22.8 Å². The third-order valence-electron chi connectivity index (χ3n) is 5.51. The number of halogens is 1. The Kier molecular flexibility index (Phi) is 6.49. The molecule has 0 saturated heterocycles. The van der Waals surface area contributed by atoms with Crippen LogP contribution in [-0.2, 0) is 6.54 Å². The smallest absolute Gasteiger partial charge is 0.262 e. The monoisotopic (exact) mass is 462 g/mol. The van der Waals surface area contributed by atoms with Gasteiger partial charge in [0, 0.05) is 10.6 Å². The molecule has 1 unspecified atom stereocenters. The number of rotatable bonds is 6. The second-order valence-corrected chi connectivity index (χ2v) is 9.60. The minimum atomic E-state index is -0.414. The molecule has 4 aromatic rings. The molecule has 1 heterocycles. The van der Waals surface area contributed by atoms with E-state index < -0.39 is 5.25 Å². The molecule has 6 heteroatoms. The molecule has 0 aliphatic carbocycles. The Morgan fingerprint density at radius 1 is 1.03 bits per heavy atom. The highest BCUT2D eigenvalue weighted by atomic mass is 35.5. The van der Waals surface area contributed by atoms with E-state index in [0.29, 0.717) is 33.2 Å². The first-order chi connectivity index (χ1) is 15.3. The standard InChI is InChI=1S/C26H23ClN2O2S/c1-16-9-10-20(13-17(16)2)24(30)18(3)32-26-28-23-14-21(27)11-12-22(23)25(31)29(26)15-19-7-5-4-6-8-19/h4-14,18H,15H2,1-3H3. The van der Waals surface area contributed by atoms with Crippen LogP contribution in [0.4, 0.5) is 0 Å². The number of hydrogen-bond acceptors (Lipinski definition) is 4. The number of fused-ring (bicyclic) bond motifs is 1. The molecule has 0 radical (unpaired) electrons. The summed E-state index contributed by atoms with van der Waals surface area (Å²) in [6.45, 7) is 6.24. The maximum absolute atomic E-state index is 13.4. The lowest BCUT2D eigenvalue weighted by Gasteiger charge is -2.16. The molecule has 0 fully saturated rings. The van der Waals surface area contributed by atoms with Gasteiger partial charge >= 0.3 is 0 Å². The minimum absolute atomic E-state index is 0.00445. The van der Waals surface area contributed by atoms with E-state index in [1.807, 2.05) is 69.3 Å². The lowest BCUT2D eigenvalue weighted by molar-refractivity contribution is 0.0993.